The molecule has 0 radical (unpaired) electrons. The van der Waals surface area contributed by atoms with Crippen LogP contribution < -0.4 is 10.5 Å². The lowest BCUT2D eigenvalue weighted by Crippen LogP contribution is -2.02. The van der Waals surface area contributed by atoms with Crippen molar-refractivity contribution in [3.05, 3.63) is 35.9 Å². The number of para-hydroxylation sites is 1. The van der Waals surface area contributed by atoms with E-state index in [0.29, 0.717) is 16.3 Å². The maximum atomic E-state index is 9.14. The minimum absolute atomic E-state index is 0.0873. The highest BCUT2D eigenvalue weighted by Crippen LogP contribution is 2.29. The lowest BCUT2D eigenvalue weighted by atomic mass is 10.3. The third-order valence-corrected chi connectivity index (χ3v) is 2.80. The number of benzene rings is 1. The quantitative estimate of drug-likeness (QED) is 0.672. The molecule has 0 aliphatic rings. The number of hydrogen-bond acceptors (Lipinski definition) is 6. The Morgan fingerprint density at radius 2 is 2.00 bits per heavy atom. The molecule has 2 aromatic rings. The van der Waals surface area contributed by atoms with Crippen LogP contribution in [0, 0.1) is 11.3 Å². The fourth-order valence-electron chi connectivity index (χ4n) is 1.35. The predicted molar refractivity (Wildman–Crippen MR) is 69.5 cm³/mol. The van der Waals surface area contributed by atoms with Gasteiger partial charge in [0, 0.05) is 0 Å². The minimum Gasteiger partial charge on any atom is -0.437 e. The average Bonchev–Trinajstić information content (AvgIpc) is 2.39. The number of hydrogen-bond donors (Lipinski definition) is 1. The maximum Gasteiger partial charge on any atom is 0.243 e. The van der Waals surface area contributed by atoms with Crippen molar-refractivity contribution in [2.24, 2.45) is 0 Å². The third-order valence-electron chi connectivity index (χ3n) is 2.12. The number of nitrogen functional groups attached to an aromatic ring is 1. The van der Waals surface area contributed by atoms with Gasteiger partial charge in [0.05, 0.1) is 0 Å². The van der Waals surface area contributed by atoms with Crippen LogP contribution in [-0.4, -0.2) is 16.2 Å². The summed E-state index contributed by atoms with van der Waals surface area (Å²) in [6.07, 6.45) is 1.81. The number of ether oxygens (including phenoxy) is 1. The second-order valence-corrected chi connectivity index (χ2v) is 4.09. The first kappa shape index (κ1) is 12.2. The van der Waals surface area contributed by atoms with Crippen molar-refractivity contribution in [3.8, 4) is 17.7 Å². The van der Waals surface area contributed by atoms with E-state index >= 15 is 0 Å². The molecule has 0 aliphatic carbocycles. The molecule has 0 aliphatic heterocycles. The Kier molecular flexibility index (Phi) is 3.65. The van der Waals surface area contributed by atoms with Gasteiger partial charge in [0.1, 0.15) is 22.4 Å². The summed E-state index contributed by atoms with van der Waals surface area (Å²) in [5.74, 6) is 0.865. The molecule has 0 bridgehead atoms. The number of nitriles is 1. The summed E-state index contributed by atoms with van der Waals surface area (Å²) in [6.45, 7) is 0. The van der Waals surface area contributed by atoms with Crippen LogP contribution in [0.15, 0.2) is 35.4 Å². The van der Waals surface area contributed by atoms with E-state index < -0.39 is 0 Å². The molecule has 0 unspecified atom stereocenters. The first-order chi connectivity index (χ1) is 8.74. The molecule has 90 valence electrons. The van der Waals surface area contributed by atoms with Gasteiger partial charge in [0.2, 0.25) is 11.8 Å². The van der Waals surface area contributed by atoms with Gasteiger partial charge in [-0.3, -0.25) is 0 Å². The van der Waals surface area contributed by atoms with Gasteiger partial charge in [0.25, 0.3) is 0 Å². The van der Waals surface area contributed by atoms with Gasteiger partial charge in [-0.2, -0.15) is 10.2 Å². The van der Waals surface area contributed by atoms with Crippen LogP contribution in [0.3, 0.4) is 0 Å². The zero-order valence-electron chi connectivity index (χ0n) is 9.62. The second kappa shape index (κ2) is 5.38. The number of nitrogens with two attached hydrogens (primary N) is 1. The maximum absolute atomic E-state index is 9.14. The number of nitrogens with zero attached hydrogens (tertiary/aromatic N) is 3. The summed E-state index contributed by atoms with van der Waals surface area (Å²) in [6, 6.07) is 11.1. The monoisotopic (exact) mass is 258 g/mol. The normalized spacial score (nSPS) is 9.78. The number of aromatic nitrogens is 2. The Morgan fingerprint density at radius 3 is 2.61 bits per heavy atom. The van der Waals surface area contributed by atoms with Gasteiger partial charge in [-0.15, -0.1) is 11.8 Å². The standard InChI is InChI=1S/C12H10N4OS/c1-18-11-9(7-13)10(15-12(14)16-11)17-8-5-3-2-4-6-8/h2-6H,1H3,(H2,14,15,16). The smallest absolute Gasteiger partial charge is 0.243 e. The van der Waals surface area contributed by atoms with Crippen molar-refractivity contribution >= 4 is 17.7 Å². The second-order valence-electron chi connectivity index (χ2n) is 3.30. The fraction of sp³-hybridized carbons (Fsp3) is 0.0833. The summed E-state index contributed by atoms with van der Waals surface area (Å²) in [5.41, 5.74) is 5.88. The summed E-state index contributed by atoms with van der Waals surface area (Å²) in [7, 11) is 0. The van der Waals surface area contributed by atoms with Gasteiger partial charge in [-0.1, -0.05) is 18.2 Å². The van der Waals surface area contributed by atoms with Crippen molar-refractivity contribution in [1.82, 2.24) is 9.97 Å². The first-order valence-electron chi connectivity index (χ1n) is 5.09. The van der Waals surface area contributed by atoms with Gasteiger partial charge >= 0.3 is 0 Å². The van der Waals surface area contributed by atoms with E-state index in [0.717, 1.165) is 0 Å². The molecule has 0 fully saturated rings. The molecule has 1 aromatic heterocycles. The van der Waals surface area contributed by atoms with E-state index in [1.807, 2.05) is 30.5 Å². The molecule has 6 heteroatoms. The Balaban J connectivity index is 2.44. The van der Waals surface area contributed by atoms with E-state index in [1.54, 1.807) is 12.1 Å². The van der Waals surface area contributed by atoms with E-state index in [2.05, 4.69) is 9.97 Å². The molecule has 0 saturated heterocycles. The molecule has 5 nitrogen and oxygen atoms in total. The van der Waals surface area contributed by atoms with Crippen LogP contribution in [0.5, 0.6) is 11.6 Å². The van der Waals surface area contributed by atoms with Crippen molar-refractivity contribution in [1.29, 1.82) is 5.26 Å². The van der Waals surface area contributed by atoms with Crippen molar-refractivity contribution in [2.45, 2.75) is 5.03 Å². The Morgan fingerprint density at radius 1 is 1.28 bits per heavy atom. The molecule has 1 heterocycles. The lowest BCUT2D eigenvalue weighted by molar-refractivity contribution is 0.458. The number of rotatable bonds is 3. The van der Waals surface area contributed by atoms with Crippen LogP contribution >= 0.6 is 11.8 Å². The lowest BCUT2D eigenvalue weighted by Gasteiger charge is -2.08. The number of thioether (sulfide) groups is 1. The van der Waals surface area contributed by atoms with E-state index in [4.69, 9.17) is 15.7 Å². The minimum atomic E-state index is 0.0873. The molecule has 18 heavy (non-hydrogen) atoms. The zero-order chi connectivity index (χ0) is 13.0. The van der Waals surface area contributed by atoms with Gasteiger partial charge in [-0.05, 0) is 18.4 Å². The van der Waals surface area contributed by atoms with Gasteiger partial charge < -0.3 is 10.5 Å². The highest BCUT2D eigenvalue weighted by molar-refractivity contribution is 7.98. The summed E-state index contributed by atoms with van der Waals surface area (Å²) in [5, 5.41) is 9.65. The van der Waals surface area contributed by atoms with Crippen LogP contribution in [0.2, 0.25) is 0 Å². The van der Waals surface area contributed by atoms with Crippen molar-refractivity contribution < 1.29 is 4.74 Å². The van der Waals surface area contributed by atoms with Gasteiger partial charge in [0.15, 0.2) is 0 Å². The fourth-order valence-corrected chi connectivity index (χ4v) is 1.88. The molecule has 0 atom stereocenters. The molecule has 0 amide bonds. The topological polar surface area (TPSA) is 84.8 Å². The van der Waals surface area contributed by atoms with Crippen molar-refractivity contribution in [2.75, 3.05) is 12.0 Å². The molecule has 1 aromatic carbocycles. The SMILES string of the molecule is CSc1nc(N)nc(Oc2ccccc2)c1C#N. The molecule has 0 saturated carbocycles. The van der Waals surface area contributed by atoms with Crippen LogP contribution in [0.4, 0.5) is 5.95 Å². The summed E-state index contributed by atoms with van der Waals surface area (Å²) in [4.78, 5) is 7.95. The Hall–Kier alpha value is -2.26. The van der Waals surface area contributed by atoms with Crippen LogP contribution in [-0.2, 0) is 0 Å². The third kappa shape index (κ3) is 2.52. The summed E-state index contributed by atoms with van der Waals surface area (Å²) < 4.78 is 5.56. The average molecular weight is 258 g/mol. The van der Waals surface area contributed by atoms with Crippen molar-refractivity contribution in [3.63, 3.8) is 0 Å². The van der Waals surface area contributed by atoms with E-state index in [1.165, 1.54) is 11.8 Å². The predicted octanol–water partition coefficient (Wildman–Crippen LogP) is 2.44. The van der Waals surface area contributed by atoms with Crippen LogP contribution in [0.1, 0.15) is 5.56 Å². The molecule has 2 rings (SSSR count). The largest absolute Gasteiger partial charge is 0.437 e. The Labute approximate surface area is 109 Å². The van der Waals surface area contributed by atoms with Gasteiger partial charge in [-0.25, -0.2) is 4.98 Å². The first-order valence-corrected chi connectivity index (χ1v) is 6.31. The van der Waals surface area contributed by atoms with E-state index in [9.17, 15) is 0 Å². The molecule has 2 N–H and O–H groups in total. The summed E-state index contributed by atoms with van der Waals surface area (Å²) >= 11 is 1.33. The van der Waals surface area contributed by atoms with E-state index in [-0.39, 0.29) is 11.8 Å². The highest BCUT2D eigenvalue weighted by atomic mass is 32.2. The number of anilines is 1. The molecule has 0 spiro atoms. The van der Waals surface area contributed by atoms with Crippen LogP contribution in [0.25, 0.3) is 0 Å². The molecular formula is C12H10N4OS. The molecular weight excluding hydrogens is 248 g/mol. The highest BCUT2D eigenvalue weighted by Gasteiger charge is 2.14. The Bertz CT molecular complexity index is 595. The zero-order valence-corrected chi connectivity index (χ0v) is 10.4.